The Balaban J connectivity index is 3.06. The first-order chi connectivity index (χ1) is 6.41. The van der Waals surface area contributed by atoms with Crippen LogP contribution in [0.2, 0.25) is 0 Å². The maximum atomic E-state index is 3.36. The van der Waals surface area contributed by atoms with E-state index < -0.39 is 0 Å². The molecule has 0 unspecified atom stereocenters. The third-order valence-corrected chi connectivity index (χ3v) is 1.69. The number of unbranched alkanes of at least 4 members (excludes halogenated alkanes) is 1. The Labute approximate surface area is 82.6 Å². The van der Waals surface area contributed by atoms with E-state index in [0.717, 1.165) is 32.4 Å². The van der Waals surface area contributed by atoms with Crippen LogP contribution in [0, 0.1) is 11.8 Å². The fourth-order valence-corrected chi connectivity index (χ4v) is 1.00. The van der Waals surface area contributed by atoms with Crippen molar-refractivity contribution >= 4 is 0 Å². The molecule has 74 valence electrons. The summed E-state index contributed by atoms with van der Waals surface area (Å²) in [6.45, 7) is 6.31. The molecule has 1 heteroatoms. The topological polar surface area (TPSA) is 12.0 Å². The number of hydrogen-bond acceptors (Lipinski definition) is 1. The van der Waals surface area contributed by atoms with Gasteiger partial charge in [0.15, 0.2) is 0 Å². The normalized spacial score (nSPS) is 10.0. The largest absolute Gasteiger partial charge is 0.316 e. The van der Waals surface area contributed by atoms with Crippen molar-refractivity contribution in [3.63, 3.8) is 0 Å². The summed E-state index contributed by atoms with van der Waals surface area (Å²) in [4.78, 5) is 0. The lowest BCUT2D eigenvalue weighted by atomic mass is 10.2. The van der Waals surface area contributed by atoms with Crippen LogP contribution in [-0.4, -0.2) is 13.1 Å². The molecule has 0 saturated carbocycles. The van der Waals surface area contributed by atoms with Crippen LogP contribution in [0.25, 0.3) is 0 Å². The van der Waals surface area contributed by atoms with Gasteiger partial charge in [-0.25, -0.2) is 0 Å². The van der Waals surface area contributed by atoms with Crippen LogP contribution in [0.4, 0.5) is 0 Å². The summed E-state index contributed by atoms with van der Waals surface area (Å²) < 4.78 is 0. The molecular weight excluding hydrogens is 158 g/mol. The van der Waals surface area contributed by atoms with Crippen molar-refractivity contribution < 1.29 is 0 Å². The molecule has 0 aromatic rings. The van der Waals surface area contributed by atoms with Crippen LogP contribution in [-0.2, 0) is 0 Å². The Morgan fingerprint density at radius 3 is 2.62 bits per heavy atom. The Kier molecular flexibility index (Phi) is 10.6. The number of hydrogen-bond donors (Lipinski definition) is 1. The molecular formula is C12H21N. The first-order valence-corrected chi connectivity index (χ1v) is 5.17. The second-order valence-corrected chi connectivity index (χ2v) is 2.98. The highest BCUT2D eigenvalue weighted by Crippen LogP contribution is 1.90. The van der Waals surface area contributed by atoms with Gasteiger partial charge in [-0.15, -0.1) is 11.8 Å². The Bertz CT molecular complexity index is 171. The van der Waals surface area contributed by atoms with Crippen LogP contribution in [0.5, 0.6) is 0 Å². The Hall–Kier alpha value is -0.740. The molecule has 0 saturated heterocycles. The van der Waals surface area contributed by atoms with Crippen molar-refractivity contribution in [3.05, 3.63) is 12.2 Å². The SMILES string of the molecule is CC#CCC/C=C/CCNCCC. The lowest BCUT2D eigenvalue weighted by molar-refractivity contribution is 0.677. The van der Waals surface area contributed by atoms with Gasteiger partial charge in [-0.1, -0.05) is 19.1 Å². The third kappa shape index (κ3) is 11.3. The van der Waals surface area contributed by atoms with Crippen molar-refractivity contribution in [1.82, 2.24) is 5.32 Å². The zero-order valence-corrected chi connectivity index (χ0v) is 8.90. The molecule has 0 heterocycles. The monoisotopic (exact) mass is 179 g/mol. The quantitative estimate of drug-likeness (QED) is 0.360. The molecule has 0 fully saturated rings. The molecule has 0 atom stereocenters. The second kappa shape index (κ2) is 11.3. The molecule has 1 nitrogen and oxygen atoms in total. The third-order valence-electron chi connectivity index (χ3n) is 1.69. The second-order valence-electron chi connectivity index (χ2n) is 2.98. The fourth-order valence-electron chi connectivity index (χ4n) is 1.00. The van der Waals surface area contributed by atoms with Gasteiger partial charge in [0.25, 0.3) is 0 Å². The van der Waals surface area contributed by atoms with Crippen molar-refractivity contribution in [3.8, 4) is 11.8 Å². The smallest absolute Gasteiger partial charge is 0.0123 e. The molecule has 0 bridgehead atoms. The van der Waals surface area contributed by atoms with E-state index in [0.29, 0.717) is 0 Å². The molecule has 0 rings (SSSR count). The number of rotatable bonds is 7. The van der Waals surface area contributed by atoms with Gasteiger partial charge in [0.05, 0.1) is 0 Å². The predicted molar refractivity (Wildman–Crippen MR) is 59.6 cm³/mol. The van der Waals surface area contributed by atoms with Crippen LogP contribution >= 0.6 is 0 Å². The molecule has 0 aromatic heterocycles. The average molecular weight is 179 g/mol. The lowest BCUT2D eigenvalue weighted by Gasteiger charge is -1.97. The summed E-state index contributed by atoms with van der Waals surface area (Å²) in [5.74, 6) is 5.93. The van der Waals surface area contributed by atoms with E-state index in [2.05, 4.69) is 36.2 Å². The van der Waals surface area contributed by atoms with Crippen molar-refractivity contribution in [2.45, 2.75) is 39.5 Å². The van der Waals surface area contributed by atoms with Gasteiger partial charge in [-0.2, -0.15) is 0 Å². The first-order valence-electron chi connectivity index (χ1n) is 5.17. The molecule has 0 amide bonds. The minimum absolute atomic E-state index is 0.995. The highest BCUT2D eigenvalue weighted by atomic mass is 14.8. The summed E-state index contributed by atoms with van der Waals surface area (Å²) in [6.07, 6.45) is 8.90. The van der Waals surface area contributed by atoms with Crippen LogP contribution in [0.1, 0.15) is 39.5 Å². The molecule has 0 aliphatic carbocycles. The van der Waals surface area contributed by atoms with Gasteiger partial charge >= 0.3 is 0 Å². The molecule has 0 aliphatic heterocycles. The fraction of sp³-hybridized carbons (Fsp3) is 0.667. The van der Waals surface area contributed by atoms with E-state index >= 15 is 0 Å². The van der Waals surface area contributed by atoms with Crippen LogP contribution < -0.4 is 5.32 Å². The van der Waals surface area contributed by atoms with E-state index in [1.807, 2.05) is 6.92 Å². The summed E-state index contributed by atoms with van der Waals surface area (Å²) in [5, 5.41) is 3.36. The van der Waals surface area contributed by atoms with Gasteiger partial charge in [0.2, 0.25) is 0 Å². The first kappa shape index (κ1) is 12.3. The molecule has 0 radical (unpaired) electrons. The highest BCUT2D eigenvalue weighted by Gasteiger charge is 1.81. The molecule has 0 spiro atoms. The molecule has 1 N–H and O–H groups in total. The minimum atomic E-state index is 0.995. The summed E-state index contributed by atoms with van der Waals surface area (Å²) in [6, 6.07) is 0. The van der Waals surface area contributed by atoms with Gasteiger partial charge < -0.3 is 5.32 Å². The number of nitrogens with one attached hydrogen (secondary N) is 1. The van der Waals surface area contributed by atoms with Gasteiger partial charge in [0.1, 0.15) is 0 Å². The zero-order valence-electron chi connectivity index (χ0n) is 8.90. The van der Waals surface area contributed by atoms with Crippen molar-refractivity contribution in [1.29, 1.82) is 0 Å². The Morgan fingerprint density at radius 2 is 1.92 bits per heavy atom. The molecule has 0 aliphatic rings. The van der Waals surface area contributed by atoms with Crippen molar-refractivity contribution in [2.24, 2.45) is 0 Å². The van der Waals surface area contributed by atoms with Gasteiger partial charge in [-0.05, 0) is 39.3 Å². The maximum absolute atomic E-state index is 3.36. The van der Waals surface area contributed by atoms with Crippen molar-refractivity contribution in [2.75, 3.05) is 13.1 Å². The van der Waals surface area contributed by atoms with Gasteiger partial charge in [0, 0.05) is 6.42 Å². The summed E-state index contributed by atoms with van der Waals surface area (Å²) in [7, 11) is 0. The number of allylic oxidation sites excluding steroid dienone is 1. The van der Waals surface area contributed by atoms with Crippen LogP contribution in [0.15, 0.2) is 12.2 Å². The van der Waals surface area contributed by atoms with Crippen LogP contribution in [0.3, 0.4) is 0 Å². The van der Waals surface area contributed by atoms with E-state index in [9.17, 15) is 0 Å². The maximum Gasteiger partial charge on any atom is 0.0123 e. The Morgan fingerprint density at radius 1 is 1.15 bits per heavy atom. The van der Waals surface area contributed by atoms with E-state index in [4.69, 9.17) is 0 Å². The average Bonchev–Trinajstić information content (AvgIpc) is 2.16. The van der Waals surface area contributed by atoms with Gasteiger partial charge in [-0.3, -0.25) is 0 Å². The van der Waals surface area contributed by atoms with E-state index in [1.165, 1.54) is 6.42 Å². The van der Waals surface area contributed by atoms with E-state index in [1.54, 1.807) is 0 Å². The lowest BCUT2D eigenvalue weighted by Crippen LogP contribution is -2.14. The standard InChI is InChI=1S/C12H21N/c1-3-5-6-7-8-9-10-12-13-11-4-2/h8-9,13H,4,6-7,10-12H2,1-2H3/b9-8+. The summed E-state index contributed by atoms with van der Waals surface area (Å²) in [5.41, 5.74) is 0. The molecule has 13 heavy (non-hydrogen) atoms. The predicted octanol–water partition coefficient (Wildman–Crippen LogP) is 2.74. The summed E-state index contributed by atoms with van der Waals surface area (Å²) >= 11 is 0. The molecule has 0 aromatic carbocycles. The van der Waals surface area contributed by atoms with E-state index in [-0.39, 0.29) is 0 Å². The minimum Gasteiger partial charge on any atom is -0.316 e. The highest BCUT2D eigenvalue weighted by molar-refractivity contribution is 4.97. The zero-order chi connectivity index (χ0) is 9.78.